The van der Waals surface area contributed by atoms with E-state index in [-0.39, 0.29) is 23.3 Å². The van der Waals surface area contributed by atoms with Gasteiger partial charge in [-0.15, -0.1) is 0 Å². The average Bonchev–Trinajstić information content (AvgIpc) is 2.64. The summed E-state index contributed by atoms with van der Waals surface area (Å²) in [6.45, 7) is 7.73. The van der Waals surface area contributed by atoms with Gasteiger partial charge in [0.05, 0.1) is 0 Å². The lowest BCUT2D eigenvalue weighted by Crippen LogP contribution is -2.39. The van der Waals surface area contributed by atoms with Crippen molar-refractivity contribution in [3.8, 4) is 0 Å². The SMILES string of the molecule is CC(C)(C)CCNC(=O)NCCCN1C(=O)C=CC1=O. The van der Waals surface area contributed by atoms with Crippen molar-refractivity contribution >= 4 is 17.8 Å². The van der Waals surface area contributed by atoms with Gasteiger partial charge in [-0.25, -0.2) is 4.79 Å². The van der Waals surface area contributed by atoms with Gasteiger partial charge in [-0.05, 0) is 18.3 Å². The topological polar surface area (TPSA) is 78.5 Å². The molecule has 6 heteroatoms. The standard InChI is InChI=1S/C14H23N3O3/c1-14(2,3)7-9-16-13(20)15-8-4-10-17-11(18)5-6-12(17)19/h5-6H,4,7-10H2,1-3H3,(H2,15,16,20). The minimum Gasteiger partial charge on any atom is -0.338 e. The van der Waals surface area contributed by atoms with Crippen LogP contribution in [-0.4, -0.2) is 42.4 Å². The maximum atomic E-state index is 11.5. The summed E-state index contributed by atoms with van der Waals surface area (Å²) < 4.78 is 0. The van der Waals surface area contributed by atoms with Gasteiger partial charge in [-0.2, -0.15) is 0 Å². The maximum Gasteiger partial charge on any atom is 0.314 e. The normalized spacial score (nSPS) is 14.8. The van der Waals surface area contributed by atoms with Crippen LogP contribution in [0.15, 0.2) is 12.2 Å². The van der Waals surface area contributed by atoms with E-state index in [0.29, 0.717) is 26.1 Å². The molecule has 0 unspecified atom stereocenters. The van der Waals surface area contributed by atoms with E-state index in [1.165, 1.54) is 17.1 Å². The van der Waals surface area contributed by atoms with Crippen molar-refractivity contribution in [3.05, 3.63) is 12.2 Å². The minimum absolute atomic E-state index is 0.191. The lowest BCUT2D eigenvalue weighted by Gasteiger charge is -2.18. The van der Waals surface area contributed by atoms with Crippen LogP contribution in [-0.2, 0) is 9.59 Å². The van der Waals surface area contributed by atoms with Crippen molar-refractivity contribution in [3.63, 3.8) is 0 Å². The minimum atomic E-state index is -0.287. The van der Waals surface area contributed by atoms with Crippen molar-refractivity contribution in [2.24, 2.45) is 5.41 Å². The molecular formula is C14H23N3O3. The van der Waals surface area contributed by atoms with Gasteiger partial charge >= 0.3 is 6.03 Å². The van der Waals surface area contributed by atoms with E-state index in [2.05, 4.69) is 31.4 Å². The summed E-state index contributed by atoms with van der Waals surface area (Å²) in [4.78, 5) is 35.2. The smallest absolute Gasteiger partial charge is 0.314 e. The molecule has 0 spiro atoms. The molecule has 6 nitrogen and oxygen atoms in total. The Bertz CT molecular complexity index is 392. The molecular weight excluding hydrogens is 258 g/mol. The summed E-state index contributed by atoms with van der Waals surface area (Å²) in [6, 6.07) is -0.216. The molecule has 20 heavy (non-hydrogen) atoms. The fraction of sp³-hybridized carbons (Fsp3) is 0.643. The van der Waals surface area contributed by atoms with Crippen LogP contribution >= 0.6 is 0 Å². The van der Waals surface area contributed by atoms with Gasteiger partial charge in [0.2, 0.25) is 0 Å². The zero-order valence-electron chi connectivity index (χ0n) is 12.4. The second kappa shape index (κ2) is 7.07. The lowest BCUT2D eigenvalue weighted by atomic mass is 9.92. The fourth-order valence-electron chi connectivity index (χ4n) is 1.70. The predicted molar refractivity (Wildman–Crippen MR) is 76.0 cm³/mol. The molecule has 0 aromatic rings. The number of carbonyl (C=O) groups excluding carboxylic acids is 3. The highest BCUT2D eigenvalue weighted by molar-refractivity contribution is 6.12. The molecule has 0 aromatic carbocycles. The number of hydrogen-bond donors (Lipinski definition) is 2. The first-order chi connectivity index (χ1) is 9.29. The van der Waals surface area contributed by atoms with Gasteiger partial charge in [0.15, 0.2) is 0 Å². The van der Waals surface area contributed by atoms with Crippen molar-refractivity contribution in [2.75, 3.05) is 19.6 Å². The molecule has 0 aromatic heterocycles. The Morgan fingerprint density at radius 2 is 1.65 bits per heavy atom. The number of carbonyl (C=O) groups is 3. The van der Waals surface area contributed by atoms with Crippen LogP contribution in [0.2, 0.25) is 0 Å². The molecule has 0 fully saturated rings. The van der Waals surface area contributed by atoms with Gasteiger partial charge in [0.25, 0.3) is 11.8 Å². The number of nitrogens with one attached hydrogen (secondary N) is 2. The average molecular weight is 281 g/mol. The van der Waals surface area contributed by atoms with E-state index in [1.54, 1.807) is 0 Å². The van der Waals surface area contributed by atoms with Crippen molar-refractivity contribution < 1.29 is 14.4 Å². The number of hydrogen-bond acceptors (Lipinski definition) is 3. The Labute approximate surface area is 119 Å². The number of rotatable bonds is 6. The number of urea groups is 1. The molecule has 1 aliphatic rings. The van der Waals surface area contributed by atoms with Crippen molar-refractivity contribution in [2.45, 2.75) is 33.6 Å². The van der Waals surface area contributed by atoms with Crippen LogP contribution in [0, 0.1) is 5.41 Å². The number of amides is 4. The Morgan fingerprint density at radius 3 is 2.20 bits per heavy atom. The summed E-state index contributed by atoms with van der Waals surface area (Å²) in [7, 11) is 0. The van der Waals surface area contributed by atoms with Gasteiger partial charge in [-0.1, -0.05) is 20.8 Å². The van der Waals surface area contributed by atoms with E-state index in [9.17, 15) is 14.4 Å². The van der Waals surface area contributed by atoms with E-state index in [0.717, 1.165) is 6.42 Å². The molecule has 0 saturated carbocycles. The first kappa shape index (κ1) is 16.2. The van der Waals surface area contributed by atoms with Gasteiger partial charge in [0.1, 0.15) is 0 Å². The Morgan fingerprint density at radius 1 is 1.10 bits per heavy atom. The van der Waals surface area contributed by atoms with Gasteiger partial charge < -0.3 is 10.6 Å². The molecule has 0 bridgehead atoms. The molecule has 1 rings (SSSR count). The van der Waals surface area contributed by atoms with E-state index in [1.807, 2.05) is 0 Å². The first-order valence-electron chi connectivity index (χ1n) is 6.85. The highest BCUT2D eigenvalue weighted by atomic mass is 16.2. The van der Waals surface area contributed by atoms with Crippen LogP contribution in [0.4, 0.5) is 4.79 Å². The Kier molecular flexibility index (Phi) is 5.73. The summed E-state index contributed by atoms with van der Waals surface area (Å²) in [5.41, 5.74) is 0.191. The molecule has 0 aliphatic carbocycles. The largest absolute Gasteiger partial charge is 0.338 e. The van der Waals surface area contributed by atoms with Crippen LogP contribution < -0.4 is 10.6 Å². The third-order valence-electron chi connectivity index (χ3n) is 2.91. The van der Waals surface area contributed by atoms with Gasteiger partial charge in [0, 0.05) is 31.8 Å². The predicted octanol–water partition coefficient (Wildman–Crippen LogP) is 1.04. The summed E-state index contributed by atoms with van der Waals surface area (Å²) >= 11 is 0. The first-order valence-corrected chi connectivity index (χ1v) is 6.85. The lowest BCUT2D eigenvalue weighted by molar-refractivity contribution is -0.136. The molecule has 4 amide bonds. The maximum absolute atomic E-state index is 11.5. The highest BCUT2D eigenvalue weighted by Crippen LogP contribution is 2.16. The van der Waals surface area contributed by atoms with E-state index in [4.69, 9.17) is 0 Å². The van der Waals surface area contributed by atoms with Crippen LogP contribution in [0.3, 0.4) is 0 Å². The number of imide groups is 1. The van der Waals surface area contributed by atoms with E-state index < -0.39 is 0 Å². The second-order valence-corrected chi connectivity index (χ2v) is 6.01. The van der Waals surface area contributed by atoms with E-state index >= 15 is 0 Å². The summed E-state index contributed by atoms with van der Waals surface area (Å²) in [6.07, 6.45) is 3.97. The Hall–Kier alpha value is -1.85. The number of nitrogens with zero attached hydrogens (tertiary/aromatic N) is 1. The quantitative estimate of drug-likeness (QED) is 0.564. The molecule has 1 heterocycles. The molecule has 0 saturated heterocycles. The molecule has 112 valence electrons. The van der Waals surface area contributed by atoms with Crippen LogP contribution in [0.1, 0.15) is 33.6 Å². The third kappa shape index (κ3) is 5.86. The molecule has 0 atom stereocenters. The zero-order valence-corrected chi connectivity index (χ0v) is 12.4. The molecule has 0 radical (unpaired) electrons. The van der Waals surface area contributed by atoms with Gasteiger partial charge in [-0.3, -0.25) is 14.5 Å². The monoisotopic (exact) mass is 281 g/mol. The van der Waals surface area contributed by atoms with Crippen LogP contribution in [0.25, 0.3) is 0 Å². The summed E-state index contributed by atoms with van der Waals surface area (Å²) in [5, 5.41) is 5.48. The highest BCUT2D eigenvalue weighted by Gasteiger charge is 2.22. The van der Waals surface area contributed by atoms with Crippen molar-refractivity contribution in [1.82, 2.24) is 15.5 Å². The second-order valence-electron chi connectivity index (χ2n) is 6.01. The fourth-order valence-corrected chi connectivity index (χ4v) is 1.70. The Balaban J connectivity index is 2.08. The van der Waals surface area contributed by atoms with Crippen molar-refractivity contribution in [1.29, 1.82) is 0 Å². The zero-order chi connectivity index (χ0) is 15.2. The molecule has 1 aliphatic heterocycles. The summed E-state index contributed by atoms with van der Waals surface area (Å²) in [5.74, 6) is -0.575. The van der Waals surface area contributed by atoms with Crippen LogP contribution in [0.5, 0.6) is 0 Å². The molecule has 2 N–H and O–H groups in total. The third-order valence-corrected chi connectivity index (χ3v) is 2.91.